The topological polar surface area (TPSA) is 55.3 Å². The van der Waals surface area contributed by atoms with Crippen molar-refractivity contribution in [3.63, 3.8) is 0 Å². The monoisotopic (exact) mass is 673 g/mol. The molecule has 246 valence electrons. The second-order valence-electron chi connectivity index (χ2n) is 12.9. The van der Waals surface area contributed by atoms with E-state index in [1.807, 2.05) is 103 Å². The van der Waals surface area contributed by atoms with E-state index in [2.05, 4.69) is 59.5 Å². The van der Waals surface area contributed by atoms with E-state index < -0.39 is 0 Å². The van der Waals surface area contributed by atoms with Gasteiger partial charge in [-0.1, -0.05) is 72.8 Å². The van der Waals surface area contributed by atoms with Gasteiger partial charge in [-0.3, -0.25) is 0 Å². The average Bonchev–Trinajstić information content (AvgIpc) is 3.83. The fourth-order valence-corrected chi connectivity index (χ4v) is 6.91. The lowest BCUT2D eigenvalue weighted by Gasteiger charge is -2.25. The lowest BCUT2D eigenvalue weighted by atomic mass is 9.98. The largest absolute Gasteiger partial charge is 0.436 e. The fraction of sp³-hybridized carbons (Fsp3) is 0. The van der Waals surface area contributed by atoms with Crippen molar-refractivity contribution in [2.45, 2.75) is 0 Å². The smallest absolute Gasteiger partial charge is 0.227 e. The standard InChI is InChI=1S/C46H28FN3O2/c47-37-17-15-29-11-12-33(24-36(29)25-37)32-13-14-35-26-38(18-16-34(35)23-32)50(39-19-21-41-43(27-39)51-45(48-41)30-7-3-1-4-8-30)40-20-22-42-44(28-40)52-46(49-42)31-9-5-2-6-10-31/h1-28H. The summed E-state index contributed by atoms with van der Waals surface area (Å²) in [6.07, 6.45) is 0. The molecule has 2 heterocycles. The number of anilines is 3. The minimum atomic E-state index is -0.238. The van der Waals surface area contributed by atoms with Gasteiger partial charge in [-0.2, -0.15) is 0 Å². The quantitative estimate of drug-likeness (QED) is 0.176. The van der Waals surface area contributed by atoms with Crippen LogP contribution in [0, 0.1) is 5.82 Å². The summed E-state index contributed by atoms with van der Waals surface area (Å²) in [7, 11) is 0. The second kappa shape index (κ2) is 12.1. The summed E-state index contributed by atoms with van der Waals surface area (Å²) in [5.74, 6) is 0.918. The van der Waals surface area contributed by atoms with Gasteiger partial charge in [-0.05, 0) is 118 Å². The van der Waals surface area contributed by atoms with E-state index in [0.717, 1.165) is 71.9 Å². The molecule has 0 spiro atoms. The molecule has 10 rings (SSSR count). The Hall–Kier alpha value is -7.05. The maximum Gasteiger partial charge on any atom is 0.227 e. The van der Waals surface area contributed by atoms with Crippen molar-refractivity contribution < 1.29 is 13.2 Å². The van der Waals surface area contributed by atoms with E-state index in [1.165, 1.54) is 6.07 Å². The van der Waals surface area contributed by atoms with Crippen LogP contribution in [-0.2, 0) is 0 Å². The van der Waals surface area contributed by atoms with Gasteiger partial charge in [0, 0.05) is 40.3 Å². The molecule has 0 aliphatic rings. The number of hydrogen-bond donors (Lipinski definition) is 0. The molecule has 0 saturated heterocycles. The van der Waals surface area contributed by atoms with E-state index in [1.54, 1.807) is 6.07 Å². The summed E-state index contributed by atoms with van der Waals surface area (Å²) >= 11 is 0. The third-order valence-corrected chi connectivity index (χ3v) is 9.52. The third kappa shape index (κ3) is 5.34. The Morgan fingerprint density at radius 1 is 0.385 bits per heavy atom. The Morgan fingerprint density at radius 2 is 0.865 bits per heavy atom. The minimum absolute atomic E-state index is 0.238. The van der Waals surface area contributed by atoms with Crippen molar-refractivity contribution in [2.75, 3.05) is 4.90 Å². The Labute approximate surface area is 297 Å². The van der Waals surface area contributed by atoms with Crippen LogP contribution in [0.1, 0.15) is 0 Å². The molecule has 0 N–H and O–H groups in total. The van der Waals surface area contributed by atoms with Gasteiger partial charge in [0.1, 0.15) is 16.9 Å². The van der Waals surface area contributed by atoms with Gasteiger partial charge in [-0.25, -0.2) is 14.4 Å². The highest BCUT2D eigenvalue weighted by Gasteiger charge is 2.18. The lowest BCUT2D eigenvalue weighted by molar-refractivity contribution is 0.620. The first kappa shape index (κ1) is 29.8. The van der Waals surface area contributed by atoms with E-state index in [4.69, 9.17) is 18.8 Å². The Bertz CT molecular complexity index is 2820. The highest BCUT2D eigenvalue weighted by Crippen LogP contribution is 2.40. The molecular weight excluding hydrogens is 646 g/mol. The van der Waals surface area contributed by atoms with Crippen molar-refractivity contribution in [1.29, 1.82) is 0 Å². The van der Waals surface area contributed by atoms with Crippen molar-refractivity contribution >= 4 is 60.8 Å². The van der Waals surface area contributed by atoms with E-state index in [9.17, 15) is 4.39 Å². The molecule has 10 aromatic rings. The SMILES string of the molecule is Fc1ccc2ccc(-c3ccc4cc(N(c5ccc6nc(-c7ccccc7)oc6c5)c5ccc6nc(-c7ccccc7)oc6c5)ccc4c3)cc2c1. The molecule has 0 saturated carbocycles. The Morgan fingerprint density at radius 3 is 1.48 bits per heavy atom. The summed E-state index contributed by atoms with van der Waals surface area (Å²) in [6.45, 7) is 0. The minimum Gasteiger partial charge on any atom is -0.436 e. The molecule has 0 aliphatic heterocycles. The third-order valence-electron chi connectivity index (χ3n) is 9.52. The molecule has 0 fully saturated rings. The molecule has 0 radical (unpaired) electrons. The van der Waals surface area contributed by atoms with Gasteiger partial charge >= 0.3 is 0 Å². The molecule has 5 nitrogen and oxygen atoms in total. The van der Waals surface area contributed by atoms with Crippen molar-refractivity contribution in [1.82, 2.24) is 9.97 Å². The number of hydrogen-bond acceptors (Lipinski definition) is 5. The van der Waals surface area contributed by atoms with Gasteiger partial charge in [0.05, 0.1) is 0 Å². The fourth-order valence-electron chi connectivity index (χ4n) is 6.91. The van der Waals surface area contributed by atoms with Crippen LogP contribution in [0.3, 0.4) is 0 Å². The van der Waals surface area contributed by atoms with E-state index in [0.29, 0.717) is 22.9 Å². The molecule has 52 heavy (non-hydrogen) atoms. The van der Waals surface area contributed by atoms with Crippen molar-refractivity contribution in [3.05, 3.63) is 176 Å². The highest BCUT2D eigenvalue weighted by atomic mass is 19.1. The van der Waals surface area contributed by atoms with Gasteiger partial charge in [0.15, 0.2) is 11.2 Å². The maximum absolute atomic E-state index is 14.0. The Kier molecular flexibility index (Phi) is 6.93. The van der Waals surface area contributed by atoms with Crippen LogP contribution < -0.4 is 4.90 Å². The molecule has 8 aromatic carbocycles. The molecule has 2 aromatic heterocycles. The first-order chi connectivity index (χ1) is 25.6. The van der Waals surface area contributed by atoms with Crippen LogP contribution in [0.15, 0.2) is 179 Å². The molecule has 0 aliphatic carbocycles. The molecular formula is C46H28FN3O2. The summed E-state index contributed by atoms with van der Waals surface area (Å²) in [4.78, 5) is 11.7. The zero-order chi connectivity index (χ0) is 34.6. The van der Waals surface area contributed by atoms with Crippen LogP contribution >= 0.6 is 0 Å². The summed E-state index contributed by atoms with van der Waals surface area (Å²) in [6, 6.07) is 56.0. The lowest BCUT2D eigenvalue weighted by Crippen LogP contribution is -2.09. The summed E-state index contributed by atoms with van der Waals surface area (Å²) in [5, 5.41) is 4.06. The normalized spacial score (nSPS) is 11.6. The molecule has 0 bridgehead atoms. The van der Waals surface area contributed by atoms with Gasteiger partial charge in [-0.15, -0.1) is 0 Å². The highest BCUT2D eigenvalue weighted by molar-refractivity contribution is 5.95. The number of fused-ring (bicyclic) bond motifs is 4. The number of aromatic nitrogens is 2. The van der Waals surface area contributed by atoms with Crippen LogP contribution in [-0.4, -0.2) is 9.97 Å². The predicted octanol–water partition coefficient (Wildman–Crippen LogP) is 12.9. The predicted molar refractivity (Wildman–Crippen MR) is 208 cm³/mol. The summed E-state index contributed by atoms with van der Waals surface area (Å²) < 4.78 is 26.6. The molecule has 0 unspecified atom stereocenters. The zero-order valence-corrected chi connectivity index (χ0v) is 27.7. The number of oxazole rings is 2. The van der Waals surface area contributed by atoms with Gasteiger partial charge in [0.2, 0.25) is 11.8 Å². The zero-order valence-electron chi connectivity index (χ0n) is 27.7. The summed E-state index contributed by atoms with van der Waals surface area (Å²) in [5.41, 5.74) is 9.67. The second-order valence-corrected chi connectivity index (χ2v) is 12.9. The van der Waals surface area contributed by atoms with Crippen LogP contribution in [0.5, 0.6) is 0 Å². The van der Waals surface area contributed by atoms with Crippen LogP contribution in [0.2, 0.25) is 0 Å². The number of nitrogens with zero attached hydrogens (tertiary/aromatic N) is 3. The molecule has 0 atom stereocenters. The van der Waals surface area contributed by atoms with E-state index in [-0.39, 0.29) is 5.82 Å². The van der Waals surface area contributed by atoms with Gasteiger partial charge in [0.25, 0.3) is 0 Å². The van der Waals surface area contributed by atoms with E-state index >= 15 is 0 Å². The Balaban J connectivity index is 1.08. The first-order valence-corrected chi connectivity index (χ1v) is 17.1. The van der Waals surface area contributed by atoms with Gasteiger partial charge < -0.3 is 13.7 Å². The molecule has 0 amide bonds. The average molecular weight is 674 g/mol. The maximum atomic E-state index is 14.0. The van der Waals surface area contributed by atoms with Crippen LogP contribution in [0.4, 0.5) is 21.5 Å². The number of benzene rings is 8. The number of halogens is 1. The number of rotatable bonds is 6. The molecule has 6 heteroatoms. The first-order valence-electron chi connectivity index (χ1n) is 17.1. The van der Waals surface area contributed by atoms with Crippen LogP contribution in [0.25, 0.3) is 77.8 Å². The van der Waals surface area contributed by atoms with Crippen molar-refractivity contribution in [2.24, 2.45) is 0 Å². The van der Waals surface area contributed by atoms with Crippen molar-refractivity contribution in [3.8, 4) is 34.0 Å².